The van der Waals surface area contributed by atoms with Gasteiger partial charge in [0.2, 0.25) is 0 Å². The predicted octanol–water partition coefficient (Wildman–Crippen LogP) is 2.13. The number of rotatable bonds is 5. The summed E-state index contributed by atoms with van der Waals surface area (Å²) >= 11 is 1.69. The lowest BCUT2D eigenvalue weighted by Crippen LogP contribution is -2.48. The topological polar surface area (TPSA) is 80.0 Å². The Labute approximate surface area is 177 Å². The Hall–Kier alpha value is -3.17. The summed E-state index contributed by atoms with van der Waals surface area (Å²) in [5.41, 5.74) is 2.59. The Balaban J connectivity index is 1.22. The maximum atomic E-state index is 12.3. The zero-order valence-electron chi connectivity index (χ0n) is 16.4. The Morgan fingerprint density at radius 2 is 1.90 bits per heavy atom. The van der Waals surface area contributed by atoms with Gasteiger partial charge in [-0.2, -0.15) is 5.10 Å². The number of anilines is 1. The minimum atomic E-state index is -0.0812. The molecule has 0 bridgehead atoms. The fraction of sp³-hybridized carbons (Fsp3) is 0.286. The third-order valence-electron chi connectivity index (χ3n) is 5.35. The van der Waals surface area contributed by atoms with Gasteiger partial charge in [-0.1, -0.05) is 0 Å². The van der Waals surface area contributed by atoms with Crippen LogP contribution in [0.4, 0.5) is 5.82 Å². The van der Waals surface area contributed by atoms with Crippen LogP contribution >= 0.6 is 11.3 Å². The van der Waals surface area contributed by atoms with Gasteiger partial charge in [-0.05, 0) is 29.6 Å². The van der Waals surface area contributed by atoms with Gasteiger partial charge >= 0.3 is 0 Å². The highest BCUT2D eigenvalue weighted by Gasteiger charge is 2.20. The highest BCUT2D eigenvalue weighted by atomic mass is 32.1. The summed E-state index contributed by atoms with van der Waals surface area (Å²) in [4.78, 5) is 29.9. The molecule has 0 saturated carbocycles. The Bertz CT molecular complexity index is 1200. The SMILES string of the molecule is O=c1ccc(-c2cccnc2)nn1CCN1CCN(c2ncnc3ccsc23)CC1. The van der Waals surface area contributed by atoms with E-state index in [2.05, 4.69) is 35.2 Å². The van der Waals surface area contributed by atoms with Crippen LogP contribution in [-0.4, -0.2) is 62.4 Å². The van der Waals surface area contributed by atoms with E-state index < -0.39 is 0 Å². The number of hydrogen-bond acceptors (Lipinski definition) is 8. The van der Waals surface area contributed by atoms with E-state index in [1.54, 1.807) is 46.9 Å². The number of fused-ring (bicyclic) bond motifs is 1. The molecule has 30 heavy (non-hydrogen) atoms. The van der Waals surface area contributed by atoms with Crippen molar-refractivity contribution in [2.45, 2.75) is 6.54 Å². The van der Waals surface area contributed by atoms with Crippen molar-refractivity contribution in [1.29, 1.82) is 0 Å². The normalized spacial score (nSPS) is 15.0. The first-order chi connectivity index (χ1) is 14.8. The molecular formula is C21H21N7OS. The third-order valence-corrected chi connectivity index (χ3v) is 6.25. The Morgan fingerprint density at radius 3 is 2.73 bits per heavy atom. The molecule has 1 fully saturated rings. The first-order valence-corrected chi connectivity index (χ1v) is 10.8. The maximum Gasteiger partial charge on any atom is 0.266 e. The van der Waals surface area contributed by atoms with E-state index in [4.69, 9.17) is 0 Å². The molecule has 8 nitrogen and oxygen atoms in total. The highest BCUT2D eigenvalue weighted by molar-refractivity contribution is 7.17. The van der Waals surface area contributed by atoms with Gasteiger partial charge in [0, 0.05) is 56.7 Å². The molecule has 0 N–H and O–H groups in total. The van der Waals surface area contributed by atoms with Gasteiger partial charge in [0.1, 0.15) is 12.1 Å². The van der Waals surface area contributed by atoms with Crippen molar-refractivity contribution >= 4 is 27.4 Å². The molecule has 0 atom stereocenters. The van der Waals surface area contributed by atoms with E-state index >= 15 is 0 Å². The monoisotopic (exact) mass is 419 g/mol. The second kappa shape index (κ2) is 8.29. The van der Waals surface area contributed by atoms with Gasteiger partial charge in [-0.15, -0.1) is 11.3 Å². The standard InChI is InChI=1S/C21H21N7OS/c29-19-4-3-17(16-2-1-6-22-14-16)25-28(19)12-9-26-7-10-27(11-8-26)21-20-18(5-13-30-20)23-15-24-21/h1-6,13-15H,7-12H2. The number of piperazine rings is 1. The molecule has 4 aromatic rings. The van der Waals surface area contributed by atoms with Gasteiger partial charge < -0.3 is 4.90 Å². The Kier molecular flexibility index (Phi) is 5.20. The summed E-state index contributed by atoms with van der Waals surface area (Å²) in [6, 6.07) is 9.18. The van der Waals surface area contributed by atoms with Crippen LogP contribution in [-0.2, 0) is 6.54 Å². The Morgan fingerprint density at radius 1 is 1.00 bits per heavy atom. The van der Waals surface area contributed by atoms with Gasteiger partial charge in [0.05, 0.1) is 22.5 Å². The largest absolute Gasteiger partial charge is 0.353 e. The average Bonchev–Trinajstić information content (AvgIpc) is 3.29. The number of aromatic nitrogens is 5. The van der Waals surface area contributed by atoms with Crippen LogP contribution < -0.4 is 10.5 Å². The molecule has 0 spiro atoms. The lowest BCUT2D eigenvalue weighted by molar-refractivity contribution is 0.242. The molecule has 1 aliphatic rings. The molecule has 0 aromatic carbocycles. The molecule has 0 amide bonds. The summed E-state index contributed by atoms with van der Waals surface area (Å²) in [5, 5.41) is 6.59. The van der Waals surface area contributed by atoms with Crippen molar-refractivity contribution in [3.8, 4) is 11.3 Å². The van der Waals surface area contributed by atoms with Crippen LogP contribution in [0, 0.1) is 0 Å². The van der Waals surface area contributed by atoms with Crippen molar-refractivity contribution in [3.63, 3.8) is 0 Å². The van der Waals surface area contributed by atoms with Crippen LogP contribution in [0.2, 0.25) is 0 Å². The summed E-state index contributed by atoms with van der Waals surface area (Å²) in [7, 11) is 0. The smallest absolute Gasteiger partial charge is 0.266 e. The van der Waals surface area contributed by atoms with E-state index in [9.17, 15) is 4.79 Å². The van der Waals surface area contributed by atoms with Crippen molar-refractivity contribution < 1.29 is 0 Å². The van der Waals surface area contributed by atoms with E-state index in [-0.39, 0.29) is 5.56 Å². The zero-order valence-corrected chi connectivity index (χ0v) is 17.2. The highest BCUT2D eigenvalue weighted by Crippen LogP contribution is 2.28. The summed E-state index contributed by atoms with van der Waals surface area (Å²) < 4.78 is 2.70. The van der Waals surface area contributed by atoms with Crippen LogP contribution in [0.3, 0.4) is 0 Å². The number of pyridine rings is 1. The number of nitrogens with zero attached hydrogens (tertiary/aromatic N) is 7. The van der Waals surface area contributed by atoms with E-state index in [1.165, 1.54) is 0 Å². The predicted molar refractivity (Wildman–Crippen MR) is 118 cm³/mol. The minimum Gasteiger partial charge on any atom is -0.353 e. The van der Waals surface area contributed by atoms with Crippen LogP contribution in [0.25, 0.3) is 21.5 Å². The van der Waals surface area contributed by atoms with Crippen LogP contribution in [0.15, 0.2) is 59.2 Å². The lowest BCUT2D eigenvalue weighted by Gasteiger charge is -2.35. The molecule has 0 aliphatic carbocycles. The van der Waals surface area contributed by atoms with Crippen molar-refractivity contribution in [3.05, 3.63) is 64.8 Å². The van der Waals surface area contributed by atoms with Gasteiger partial charge in [-0.3, -0.25) is 14.7 Å². The summed E-state index contributed by atoms with van der Waals surface area (Å²) in [6.45, 7) is 5.01. The maximum absolute atomic E-state index is 12.3. The number of thiophene rings is 1. The van der Waals surface area contributed by atoms with Crippen molar-refractivity contribution in [2.24, 2.45) is 0 Å². The second-order valence-electron chi connectivity index (χ2n) is 7.18. The molecule has 152 valence electrons. The van der Waals surface area contributed by atoms with E-state index in [0.717, 1.165) is 60.0 Å². The van der Waals surface area contributed by atoms with Crippen LogP contribution in [0.1, 0.15) is 0 Å². The van der Waals surface area contributed by atoms with Crippen molar-refractivity contribution in [2.75, 3.05) is 37.6 Å². The fourth-order valence-corrected chi connectivity index (χ4v) is 4.56. The lowest BCUT2D eigenvalue weighted by atomic mass is 10.2. The van der Waals surface area contributed by atoms with Gasteiger partial charge in [0.25, 0.3) is 5.56 Å². The minimum absolute atomic E-state index is 0.0812. The molecule has 0 unspecified atom stereocenters. The van der Waals surface area contributed by atoms with Gasteiger partial charge in [0.15, 0.2) is 0 Å². The third kappa shape index (κ3) is 3.81. The number of hydrogen-bond donors (Lipinski definition) is 0. The molecule has 0 radical (unpaired) electrons. The quantitative estimate of drug-likeness (QED) is 0.490. The molecular weight excluding hydrogens is 398 g/mol. The van der Waals surface area contributed by atoms with Gasteiger partial charge in [-0.25, -0.2) is 14.6 Å². The van der Waals surface area contributed by atoms with E-state index in [0.29, 0.717) is 6.54 Å². The molecule has 9 heteroatoms. The first kappa shape index (κ1) is 18.8. The molecule has 4 aromatic heterocycles. The molecule has 5 heterocycles. The molecule has 1 aliphatic heterocycles. The average molecular weight is 420 g/mol. The second-order valence-corrected chi connectivity index (χ2v) is 8.10. The summed E-state index contributed by atoms with van der Waals surface area (Å²) in [5.74, 6) is 1.02. The van der Waals surface area contributed by atoms with Crippen molar-refractivity contribution in [1.82, 2.24) is 29.6 Å². The summed E-state index contributed by atoms with van der Waals surface area (Å²) in [6.07, 6.45) is 5.13. The van der Waals surface area contributed by atoms with Crippen LogP contribution in [0.5, 0.6) is 0 Å². The van der Waals surface area contributed by atoms with E-state index in [1.807, 2.05) is 18.2 Å². The first-order valence-electron chi connectivity index (χ1n) is 9.92. The fourth-order valence-electron chi connectivity index (χ4n) is 3.70. The molecule has 5 rings (SSSR count). The zero-order chi connectivity index (χ0) is 20.3. The molecule has 1 saturated heterocycles.